The van der Waals surface area contributed by atoms with Crippen molar-refractivity contribution in [2.24, 2.45) is 4.99 Å². The van der Waals surface area contributed by atoms with Gasteiger partial charge in [0.05, 0.1) is 11.4 Å². The van der Waals surface area contributed by atoms with Crippen LogP contribution in [0.4, 0.5) is 0 Å². The lowest BCUT2D eigenvalue weighted by Crippen LogP contribution is -2.43. The monoisotopic (exact) mass is 520 g/mol. The summed E-state index contributed by atoms with van der Waals surface area (Å²) in [5, 5.41) is 3.35. The zero-order valence-corrected chi connectivity index (χ0v) is 19.5. The molecular weight excluding hydrogens is 491 g/mol. The number of nitrogens with one attached hydrogen (secondary N) is 1. The van der Waals surface area contributed by atoms with Gasteiger partial charge in [0.1, 0.15) is 12.4 Å². The van der Waals surface area contributed by atoms with Gasteiger partial charge in [0, 0.05) is 45.5 Å². The third kappa shape index (κ3) is 6.08. The molecule has 2 aliphatic heterocycles. The molecule has 3 rings (SSSR count). The number of hydrogen-bond donors (Lipinski definition) is 1. The number of rotatable bonds is 6. The van der Waals surface area contributed by atoms with Crippen LogP contribution < -0.4 is 10.1 Å². The van der Waals surface area contributed by atoms with Gasteiger partial charge in [-0.05, 0) is 30.7 Å². The van der Waals surface area contributed by atoms with Crippen LogP contribution in [0.2, 0.25) is 0 Å². The lowest BCUT2D eigenvalue weighted by Gasteiger charge is -2.25. The highest BCUT2D eigenvalue weighted by atomic mass is 127. The largest absolute Gasteiger partial charge is 0.492 e. The molecule has 2 aliphatic rings. The zero-order chi connectivity index (χ0) is 19.3. The molecule has 1 fully saturated rings. The number of benzene rings is 1. The Labute approximate surface area is 184 Å². The summed E-state index contributed by atoms with van der Waals surface area (Å²) in [7, 11) is -1.37. The molecule has 0 amide bonds. The molecule has 1 unspecified atom stereocenters. The first kappa shape index (κ1) is 23.0. The highest BCUT2D eigenvalue weighted by Crippen LogP contribution is 2.18. The Morgan fingerprint density at radius 2 is 1.93 bits per heavy atom. The van der Waals surface area contributed by atoms with Crippen molar-refractivity contribution in [2.45, 2.75) is 17.4 Å². The van der Waals surface area contributed by atoms with Gasteiger partial charge >= 0.3 is 0 Å². The zero-order valence-electron chi connectivity index (χ0n) is 16.4. The number of ether oxygens (including phenoxy) is 1. The predicted octanol–water partition coefficient (Wildman–Crippen LogP) is 1.61. The Balaban J connectivity index is 0.00000280. The van der Waals surface area contributed by atoms with E-state index in [9.17, 15) is 8.42 Å². The molecule has 1 aromatic carbocycles. The summed E-state index contributed by atoms with van der Waals surface area (Å²) < 4.78 is 28.6. The maximum Gasteiger partial charge on any atom is 0.193 e. The number of hydrogen-bond acceptors (Lipinski definition) is 5. The van der Waals surface area contributed by atoms with Gasteiger partial charge in [0.25, 0.3) is 0 Å². The van der Waals surface area contributed by atoms with Gasteiger partial charge in [-0.1, -0.05) is 12.2 Å². The molecule has 0 aromatic heterocycles. The fourth-order valence-electron chi connectivity index (χ4n) is 3.47. The second-order valence-corrected chi connectivity index (χ2v) is 8.90. The minimum absolute atomic E-state index is 0. The predicted molar refractivity (Wildman–Crippen MR) is 123 cm³/mol. The normalized spacial score (nSPS) is 20.3. The van der Waals surface area contributed by atoms with E-state index in [4.69, 9.17) is 4.74 Å². The topological polar surface area (TPSA) is 74.2 Å². The lowest BCUT2D eigenvalue weighted by atomic mass is 10.2. The molecule has 0 aliphatic carbocycles. The second-order valence-electron chi connectivity index (χ2n) is 6.88. The molecule has 1 aromatic rings. The molecule has 7 nitrogen and oxygen atoms in total. The number of halogens is 1. The molecule has 28 heavy (non-hydrogen) atoms. The van der Waals surface area contributed by atoms with E-state index in [1.807, 2.05) is 0 Å². The number of likely N-dealkylation sites (tertiary alicyclic amines) is 1. The van der Waals surface area contributed by atoms with Crippen molar-refractivity contribution in [1.29, 1.82) is 0 Å². The summed E-state index contributed by atoms with van der Waals surface area (Å²) in [6.07, 6.45) is 6.82. The summed E-state index contributed by atoms with van der Waals surface area (Å²) in [5.74, 6) is 1.56. The first-order valence-electron chi connectivity index (χ1n) is 9.25. The van der Waals surface area contributed by atoms with Crippen LogP contribution in [0.25, 0.3) is 0 Å². The third-order valence-electron chi connectivity index (χ3n) is 4.94. The maximum atomic E-state index is 11.5. The van der Waals surface area contributed by atoms with Crippen LogP contribution in [0.15, 0.2) is 46.3 Å². The van der Waals surface area contributed by atoms with E-state index in [1.165, 1.54) is 6.26 Å². The van der Waals surface area contributed by atoms with Crippen molar-refractivity contribution in [2.75, 3.05) is 52.6 Å². The van der Waals surface area contributed by atoms with Gasteiger partial charge in [-0.15, -0.1) is 24.0 Å². The van der Waals surface area contributed by atoms with Crippen molar-refractivity contribution in [1.82, 2.24) is 15.1 Å². The summed E-state index contributed by atoms with van der Waals surface area (Å²) in [6, 6.07) is 7.08. The average molecular weight is 520 g/mol. The highest BCUT2D eigenvalue weighted by molar-refractivity contribution is 14.0. The van der Waals surface area contributed by atoms with E-state index in [2.05, 4.69) is 32.3 Å². The molecule has 1 atom stereocenters. The second kappa shape index (κ2) is 10.4. The van der Waals surface area contributed by atoms with Crippen molar-refractivity contribution in [3.05, 3.63) is 36.4 Å². The Bertz CT molecular complexity index is 788. The summed E-state index contributed by atoms with van der Waals surface area (Å²) in [5.41, 5.74) is 0. The summed E-state index contributed by atoms with van der Waals surface area (Å²) >= 11 is 0. The van der Waals surface area contributed by atoms with Gasteiger partial charge in [-0.25, -0.2) is 8.42 Å². The van der Waals surface area contributed by atoms with Crippen LogP contribution in [0, 0.1) is 0 Å². The van der Waals surface area contributed by atoms with Crippen LogP contribution in [0.1, 0.15) is 6.42 Å². The van der Waals surface area contributed by atoms with E-state index in [0.29, 0.717) is 29.8 Å². The lowest BCUT2D eigenvalue weighted by molar-refractivity contribution is 0.259. The first-order valence-corrected chi connectivity index (χ1v) is 11.1. The molecular formula is C19H29IN4O3S. The van der Waals surface area contributed by atoms with E-state index >= 15 is 0 Å². The van der Waals surface area contributed by atoms with Crippen LogP contribution in [-0.4, -0.2) is 82.9 Å². The minimum Gasteiger partial charge on any atom is -0.492 e. The number of sulfone groups is 1. The quantitative estimate of drug-likeness (QED) is 0.202. The SMILES string of the molecule is CN=C(NCCOc1ccc(S(C)(=O)=O)cc1)N1CCC(N2CC=CC2)C1.I. The minimum atomic E-state index is -3.18. The van der Waals surface area contributed by atoms with Crippen LogP contribution in [-0.2, 0) is 9.84 Å². The van der Waals surface area contributed by atoms with Gasteiger partial charge in [-0.2, -0.15) is 0 Å². The molecule has 1 N–H and O–H groups in total. The highest BCUT2D eigenvalue weighted by Gasteiger charge is 2.29. The van der Waals surface area contributed by atoms with Crippen molar-refractivity contribution in [3.63, 3.8) is 0 Å². The van der Waals surface area contributed by atoms with E-state index in [1.54, 1.807) is 31.3 Å². The fourth-order valence-corrected chi connectivity index (χ4v) is 4.10. The number of nitrogens with zero attached hydrogens (tertiary/aromatic N) is 3. The van der Waals surface area contributed by atoms with Crippen molar-refractivity contribution >= 4 is 39.8 Å². The van der Waals surface area contributed by atoms with Crippen molar-refractivity contribution < 1.29 is 13.2 Å². The van der Waals surface area contributed by atoms with Crippen LogP contribution in [0.3, 0.4) is 0 Å². The first-order chi connectivity index (χ1) is 13.0. The molecule has 0 bridgehead atoms. The van der Waals surface area contributed by atoms with E-state index in [0.717, 1.165) is 38.6 Å². The van der Waals surface area contributed by atoms with Gasteiger partial charge in [0.2, 0.25) is 0 Å². The molecule has 2 heterocycles. The number of aliphatic imine (C=N–C) groups is 1. The standard InChI is InChI=1S/C19H28N4O3S.HI/c1-20-19(23-13-9-16(15-23)22-11-3-4-12-22)21-10-14-26-17-5-7-18(8-6-17)27(2,24)25;/h3-8,16H,9-15H2,1-2H3,(H,20,21);1H. The fraction of sp³-hybridized carbons (Fsp3) is 0.526. The Kier molecular flexibility index (Phi) is 8.56. The molecule has 156 valence electrons. The molecule has 0 spiro atoms. The van der Waals surface area contributed by atoms with E-state index < -0.39 is 9.84 Å². The smallest absolute Gasteiger partial charge is 0.193 e. The summed E-state index contributed by atoms with van der Waals surface area (Å²) in [6.45, 7) is 5.22. The Morgan fingerprint density at radius 3 is 2.54 bits per heavy atom. The summed E-state index contributed by atoms with van der Waals surface area (Å²) in [4.78, 5) is 9.48. The molecule has 0 radical (unpaired) electrons. The number of guanidine groups is 1. The van der Waals surface area contributed by atoms with Gasteiger partial charge in [-0.3, -0.25) is 9.89 Å². The molecule has 0 saturated carbocycles. The van der Waals surface area contributed by atoms with E-state index in [-0.39, 0.29) is 24.0 Å². The third-order valence-corrected chi connectivity index (χ3v) is 6.07. The van der Waals surface area contributed by atoms with Crippen molar-refractivity contribution in [3.8, 4) is 5.75 Å². The van der Waals surface area contributed by atoms with Crippen LogP contribution in [0.5, 0.6) is 5.75 Å². The average Bonchev–Trinajstić information content (AvgIpc) is 3.33. The van der Waals surface area contributed by atoms with Gasteiger partial charge in [0.15, 0.2) is 15.8 Å². The Morgan fingerprint density at radius 1 is 1.25 bits per heavy atom. The molecule has 1 saturated heterocycles. The van der Waals surface area contributed by atoms with Gasteiger partial charge < -0.3 is 15.0 Å². The van der Waals surface area contributed by atoms with Crippen LogP contribution >= 0.6 is 24.0 Å². The molecule has 9 heteroatoms. The Hall–Kier alpha value is -1.33. The maximum absolute atomic E-state index is 11.5.